The van der Waals surface area contributed by atoms with Gasteiger partial charge in [-0.25, -0.2) is 0 Å². The van der Waals surface area contributed by atoms with Crippen LogP contribution in [0.3, 0.4) is 0 Å². The molecule has 1 aromatic carbocycles. The number of aromatic nitrogens is 2. The number of anilines is 1. The molecule has 0 spiro atoms. The van der Waals surface area contributed by atoms with E-state index in [9.17, 15) is 9.59 Å². The number of hydrogen-bond acceptors (Lipinski definition) is 4. The number of methoxy groups -OCH3 is 1. The summed E-state index contributed by atoms with van der Waals surface area (Å²) in [5.41, 5.74) is 1.55. The number of carbonyl (C=O) groups is 2. The third kappa shape index (κ3) is 3.82. The Labute approximate surface area is 146 Å². The van der Waals surface area contributed by atoms with E-state index in [1.54, 1.807) is 12.0 Å². The number of amides is 2. The van der Waals surface area contributed by atoms with Crippen LogP contribution in [0, 0.1) is 5.92 Å². The molecule has 7 nitrogen and oxygen atoms in total. The minimum Gasteiger partial charge on any atom is -0.383 e. The van der Waals surface area contributed by atoms with Crippen LogP contribution in [0.1, 0.15) is 26.3 Å². The molecule has 1 aromatic heterocycles. The number of rotatable bonds is 6. The van der Waals surface area contributed by atoms with Gasteiger partial charge in [-0.3, -0.25) is 14.3 Å². The molecule has 1 unspecified atom stereocenters. The van der Waals surface area contributed by atoms with Crippen LogP contribution in [0.5, 0.6) is 0 Å². The van der Waals surface area contributed by atoms with Crippen molar-refractivity contribution in [2.24, 2.45) is 5.92 Å². The van der Waals surface area contributed by atoms with Crippen molar-refractivity contribution < 1.29 is 14.3 Å². The molecular formula is C18H24N4O3. The predicted molar refractivity (Wildman–Crippen MR) is 95.3 cm³/mol. The van der Waals surface area contributed by atoms with Gasteiger partial charge in [-0.05, 0) is 32.0 Å². The molecule has 1 atom stereocenters. The lowest BCUT2D eigenvalue weighted by Crippen LogP contribution is -2.30. The molecule has 0 radical (unpaired) electrons. The van der Waals surface area contributed by atoms with Gasteiger partial charge in [-0.15, -0.1) is 0 Å². The fourth-order valence-electron chi connectivity index (χ4n) is 2.99. The van der Waals surface area contributed by atoms with Gasteiger partial charge in [0.15, 0.2) is 0 Å². The van der Waals surface area contributed by atoms with Gasteiger partial charge in [0.05, 0.1) is 18.0 Å². The Morgan fingerprint density at radius 1 is 1.44 bits per heavy atom. The molecule has 2 heterocycles. The van der Waals surface area contributed by atoms with Gasteiger partial charge in [-0.1, -0.05) is 0 Å². The molecule has 3 rings (SSSR count). The normalized spacial score (nSPS) is 17.7. The highest BCUT2D eigenvalue weighted by Crippen LogP contribution is 2.22. The number of fused-ring (bicyclic) bond motifs is 1. The number of benzene rings is 1. The summed E-state index contributed by atoms with van der Waals surface area (Å²) in [6.45, 7) is 5.59. The van der Waals surface area contributed by atoms with E-state index in [-0.39, 0.29) is 30.2 Å². The van der Waals surface area contributed by atoms with Gasteiger partial charge in [0.25, 0.3) is 0 Å². The van der Waals surface area contributed by atoms with Crippen LogP contribution in [0.4, 0.5) is 5.69 Å². The van der Waals surface area contributed by atoms with Gasteiger partial charge < -0.3 is 15.0 Å². The van der Waals surface area contributed by atoms with Crippen LogP contribution in [0.2, 0.25) is 0 Å². The molecular weight excluding hydrogens is 320 g/mol. The smallest absolute Gasteiger partial charge is 0.229 e. The summed E-state index contributed by atoms with van der Waals surface area (Å²) in [5.74, 6) is -0.451. The maximum atomic E-state index is 12.5. The minimum atomic E-state index is -0.326. The molecule has 2 aromatic rings. The van der Waals surface area contributed by atoms with Crippen molar-refractivity contribution in [3.8, 4) is 0 Å². The van der Waals surface area contributed by atoms with Gasteiger partial charge in [-0.2, -0.15) is 5.10 Å². The second kappa shape index (κ2) is 7.23. The molecule has 0 aliphatic carbocycles. The zero-order chi connectivity index (χ0) is 18.0. The summed E-state index contributed by atoms with van der Waals surface area (Å²) >= 11 is 0. The van der Waals surface area contributed by atoms with Crippen molar-refractivity contribution in [1.29, 1.82) is 0 Å². The van der Waals surface area contributed by atoms with Crippen LogP contribution in [0.15, 0.2) is 24.4 Å². The molecule has 2 amide bonds. The SMILES string of the molecule is COCCN1CC(C(=O)Nc2ccc3cn(C(C)C)nc3c2)CC1=O. The van der Waals surface area contributed by atoms with Crippen LogP contribution in [0.25, 0.3) is 10.9 Å². The molecule has 0 saturated carbocycles. The van der Waals surface area contributed by atoms with E-state index >= 15 is 0 Å². The van der Waals surface area contributed by atoms with Crippen molar-refractivity contribution in [3.63, 3.8) is 0 Å². The second-order valence-electron chi connectivity index (χ2n) is 6.70. The number of carbonyl (C=O) groups excluding carboxylic acids is 2. The number of nitrogens with zero attached hydrogens (tertiary/aromatic N) is 3. The molecule has 25 heavy (non-hydrogen) atoms. The summed E-state index contributed by atoms with van der Waals surface area (Å²) in [5, 5.41) is 8.47. The first kappa shape index (κ1) is 17.4. The van der Waals surface area contributed by atoms with Gasteiger partial charge in [0, 0.05) is 49.9 Å². The van der Waals surface area contributed by atoms with Crippen molar-refractivity contribution >= 4 is 28.4 Å². The summed E-state index contributed by atoms with van der Waals surface area (Å²) in [4.78, 5) is 26.1. The first-order valence-corrected chi connectivity index (χ1v) is 8.54. The average molecular weight is 344 g/mol. The fraction of sp³-hybridized carbons (Fsp3) is 0.500. The first-order chi connectivity index (χ1) is 12.0. The van der Waals surface area contributed by atoms with Crippen LogP contribution in [-0.2, 0) is 14.3 Å². The average Bonchev–Trinajstić information content (AvgIpc) is 3.16. The van der Waals surface area contributed by atoms with E-state index in [0.29, 0.717) is 25.4 Å². The number of nitrogens with one attached hydrogen (secondary N) is 1. The van der Waals surface area contributed by atoms with E-state index in [4.69, 9.17) is 4.74 Å². The Bertz CT molecular complexity index is 784. The van der Waals surface area contributed by atoms with Crippen LogP contribution in [-0.4, -0.2) is 53.3 Å². The first-order valence-electron chi connectivity index (χ1n) is 8.54. The highest BCUT2D eigenvalue weighted by molar-refractivity contribution is 5.98. The van der Waals surface area contributed by atoms with Gasteiger partial charge in [0.1, 0.15) is 0 Å². The standard InChI is InChI=1S/C18H24N4O3/c1-12(2)22-11-13-4-5-15(9-16(13)20-22)19-18(24)14-8-17(23)21(10-14)6-7-25-3/h4-5,9,11-12,14H,6-8,10H2,1-3H3,(H,19,24). The van der Waals surface area contributed by atoms with Crippen LogP contribution >= 0.6 is 0 Å². The van der Waals surface area contributed by atoms with E-state index in [1.165, 1.54) is 0 Å². The van der Waals surface area contributed by atoms with Crippen molar-refractivity contribution in [3.05, 3.63) is 24.4 Å². The van der Waals surface area contributed by atoms with Crippen molar-refractivity contribution in [2.45, 2.75) is 26.3 Å². The molecule has 7 heteroatoms. The number of ether oxygens (including phenoxy) is 1. The van der Waals surface area contributed by atoms with Crippen molar-refractivity contribution in [2.75, 3.05) is 32.1 Å². The quantitative estimate of drug-likeness (QED) is 0.870. The molecule has 0 bridgehead atoms. The summed E-state index contributed by atoms with van der Waals surface area (Å²) in [6.07, 6.45) is 2.24. The highest BCUT2D eigenvalue weighted by atomic mass is 16.5. The monoisotopic (exact) mass is 344 g/mol. The zero-order valence-corrected chi connectivity index (χ0v) is 14.9. The van der Waals surface area contributed by atoms with Crippen LogP contribution < -0.4 is 5.32 Å². The third-order valence-corrected chi connectivity index (χ3v) is 4.47. The Morgan fingerprint density at radius 2 is 2.24 bits per heavy atom. The molecule has 134 valence electrons. The van der Waals surface area contributed by atoms with E-state index in [2.05, 4.69) is 24.3 Å². The predicted octanol–water partition coefficient (Wildman–Crippen LogP) is 2.05. The number of hydrogen-bond donors (Lipinski definition) is 1. The summed E-state index contributed by atoms with van der Waals surface area (Å²) < 4.78 is 6.90. The van der Waals surface area contributed by atoms with E-state index < -0.39 is 0 Å². The summed E-state index contributed by atoms with van der Waals surface area (Å²) in [6, 6.07) is 5.96. The minimum absolute atomic E-state index is 0.00308. The highest BCUT2D eigenvalue weighted by Gasteiger charge is 2.34. The Morgan fingerprint density at radius 3 is 2.96 bits per heavy atom. The van der Waals surface area contributed by atoms with Gasteiger partial charge in [0.2, 0.25) is 11.8 Å². The van der Waals surface area contributed by atoms with Crippen molar-refractivity contribution in [1.82, 2.24) is 14.7 Å². The third-order valence-electron chi connectivity index (χ3n) is 4.47. The lowest BCUT2D eigenvalue weighted by Gasteiger charge is -2.15. The number of likely N-dealkylation sites (tertiary alicyclic amines) is 1. The molecule has 1 fully saturated rings. The lowest BCUT2D eigenvalue weighted by molar-refractivity contribution is -0.128. The second-order valence-corrected chi connectivity index (χ2v) is 6.70. The molecule has 1 aliphatic heterocycles. The maximum absolute atomic E-state index is 12.5. The maximum Gasteiger partial charge on any atom is 0.229 e. The Balaban J connectivity index is 1.66. The van der Waals surface area contributed by atoms with E-state index in [1.807, 2.05) is 29.1 Å². The topological polar surface area (TPSA) is 76.5 Å². The fourth-order valence-corrected chi connectivity index (χ4v) is 2.99. The molecule has 1 aliphatic rings. The summed E-state index contributed by atoms with van der Waals surface area (Å²) in [7, 11) is 1.60. The molecule has 1 N–H and O–H groups in total. The zero-order valence-electron chi connectivity index (χ0n) is 14.9. The Hall–Kier alpha value is -2.41. The van der Waals surface area contributed by atoms with Gasteiger partial charge >= 0.3 is 0 Å². The molecule has 1 saturated heterocycles. The lowest BCUT2D eigenvalue weighted by atomic mass is 10.1. The van der Waals surface area contributed by atoms with E-state index in [0.717, 1.165) is 10.9 Å². The Kier molecular flexibility index (Phi) is 5.03. The largest absolute Gasteiger partial charge is 0.383 e.